The third-order valence-corrected chi connectivity index (χ3v) is 5.15. The van der Waals surface area contributed by atoms with Crippen molar-refractivity contribution in [2.24, 2.45) is 5.10 Å². The molecule has 0 radical (unpaired) electrons. The van der Waals surface area contributed by atoms with Gasteiger partial charge in [-0.3, -0.25) is 14.8 Å². The van der Waals surface area contributed by atoms with Crippen molar-refractivity contribution < 1.29 is 13.9 Å². The first kappa shape index (κ1) is 18.1. The molecule has 1 unspecified atom stereocenters. The predicted octanol–water partition coefficient (Wildman–Crippen LogP) is 4.22. The highest BCUT2D eigenvalue weighted by Crippen LogP contribution is 2.36. The Hall–Kier alpha value is -4.00. The van der Waals surface area contributed by atoms with Crippen molar-refractivity contribution in [3.05, 3.63) is 90.1 Å². The van der Waals surface area contributed by atoms with Gasteiger partial charge in [0.2, 0.25) is 0 Å². The van der Waals surface area contributed by atoms with E-state index in [-0.39, 0.29) is 17.7 Å². The molecular formula is C23H18N4O3. The Kier molecular flexibility index (Phi) is 4.48. The number of hydrazone groups is 1. The first-order valence-corrected chi connectivity index (χ1v) is 9.53. The molecule has 7 heteroatoms. The molecule has 4 aromatic rings. The van der Waals surface area contributed by atoms with E-state index in [1.807, 2.05) is 42.5 Å². The largest absolute Gasteiger partial charge is 0.496 e. The summed E-state index contributed by atoms with van der Waals surface area (Å²) in [6, 6.07) is 16.5. The molecule has 1 aliphatic rings. The maximum absolute atomic E-state index is 13.2. The van der Waals surface area contributed by atoms with Gasteiger partial charge < -0.3 is 9.15 Å². The lowest BCUT2D eigenvalue weighted by Gasteiger charge is -2.21. The summed E-state index contributed by atoms with van der Waals surface area (Å²) in [6.07, 6.45) is 5.34. The van der Waals surface area contributed by atoms with Crippen molar-refractivity contribution in [3.63, 3.8) is 0 Å². The normalized spacial score (nSPS) is 16.0. The molecule has 2 aromatic heterocycles. The molecule has 0 bridgehead atoms. The number of hydrogen-bond acceptors (Lipinski definition) is 6. The molecule has 148 valence electrons. The van der Waals surface area contributed by atoms with Crippen molar-refractivity contribution >= 4 is 22.7 Å². The number of rotatable bonds is 4. The summed E-state index contributed by atoms with van der Waals surface area (Å²) in [5, 5.41) is 6.17. The van der Waals surface area contributed by atoms with Crippen molar-refractivity contribution in [1.29, 1.82) is 0 Å². The summed E-state index contributed by atoms with van der Waals surface area (Å²) in [4.78, 5) is 21.9. The summed E-state index contributed by atoms with van der Waals surface area (Å²) in [7, 11) is 1.62. The lowest BCUT2D eigenvalue weighted by molar-refractivity contribution is 0.0678. The quantitative estimate of drug-likeness (QED) is 0.514. The van der Waals surface area contributed by atoms with Crippen LogP contribution in [0.5, 0.6) is 5.75 Å². The van der Waals surface area contributed by atoms with Gasteiger partial charge in [-0.1, -0.05) is 18.2 Å². The molecule has 0 N–H and O–H groups in total. The van der Waals surface area contributed by atoms with Crippen LogP contribution in [-0.2, 0) is 0 Å². The van der Waals surface area contributed by atoms with Gasteiger partial charge in [-0.2, -0.15) is 5.10 Å². The molecule has 2 aromatic carbocycles. The Bertz CT molecular complexity index is 1250. The van der Waals surface area contributed by atoms with Crippen LogP contribution in [0.4, 0.5) is 0 Å². The topological polar surface area (TPSA) is 80.8 Å². The first-order chi connectivity index (χ1) is 14.7. The predicted molar refractivity (Wildman–Crippen MR) is 111 cm³/mol. The standard InChI is InChI=1S/C23H18N4O3/c1-29-21-6-3-2-5-16(21)18-14-20(27(26-18)23(28)22-7-4-12-30-22)15-8-9-17-19(13-15)25-11-10-24-17/h2-13,20H,14H2,1H3. The molecule has 3 heterocycles. The van der Waals surface area contributed by atoms with Crippen LogP contribution in [0.3, 0.4) is 0 Å². The first-order valence-electron chi connectivity index (χ1n) is 9.53. The summed E-state index contributed by atoms with van der Waals surface area (Å²) < 4.78 is 10.8. The molecule has 0 saturated heterocycles. The molecule has 0 saturated carbocycles. The van der Waals surface area contributed by atoms with E-state index >= 15 is 0 Å². The number of carbonyl (C=O) groups is 1. The molecule has 5 rings (SSSR count). The fourth-order valence-electron chi connectivity index (χ4n) is 3.70. The van der Waals surface area contributed by atoms with Gasteiger partial charge in [0.05, 0.1) is 36.2 Å². The third-order valence-electron chi connectivity index (χ3n) is 5.15. The number of furan rings is 1. The lowest BCUT2D eigenvalue weighted by Crippen LogP contribution is -2.26. The number of aromatic nitrogens is 2. The van der Waals surface area contributed by atoms with Gasteiger partial charge in [0.15, 0.2) is 5.76 Å². The Labute approximate surface area is 172 Å². The number of benzene rings is 2. The SMILES string of the molecule is COc1ccccc1C1=NN(C(=O)c2ccco2)C(c2ccc3nccnc3c2)C1. The summed E-state index contributed by atoms with van der Waals surface area (Å²) >= 11 is 0. The zero-order chi connectivity index (χ0) is 20.5. The van der Waals surface area contributed by atoms with Crippen molar-refractivity contribution in [1.82, 2.24) is 15.0 Å². The maximum atomic E-state index is 13.2. The highest BCUT2D eigenvalue weighted by molar-refractivity contribution is 6.06. The van der Waals surface area contributed by atoms with Gasteiger partial charge in [0.1, 0.15) is 5.75 Å². The lowest BCUT2D eigenvalue weighted by atomic mass is 9.97. The Morgan fingerprint density at radius 3 is 2.70 bits per heavy atom. The zero-order valence-corrected chi connectivity index (χ0v) is 16.2. The van der Waals surface area contributed by atoms with Gasteiger partial charge in [0.25, 0.3) is 0 Å². The van der Waals surface area contributed by atoms with Crippen LogP contribution in [0.2, 0.25) is 0 Å². The molecule has 0 aliphatic carbocycles. The van der Waals surface area contributed by atoms with Crippen LogP contribution in [0, 0.1) is 0 Å². The molecule has 0 fully saturated rings. The molecule has 7 nitrogen and oxygen atoms in total. The molecule has 1 aliphatic heterocycles. The van der Waals surface area contributed by atoms with Crippen LogP contribution in [-0.4, -0.2) is 33.7 Å². The average Bonchev–Trinajstić information content (AvgIpc) is 3.49. The Morgan fingerprint density at radius 2 is 1.90 bits per heavy atom. The molecular weight excluding hydrogens is 380 g/mol. The number of amides is 1. The number of nitrogens with zero attached hydrogens (tertiary/aromatic N) is 4. The second-order valence-electron chi connectivity index (χ2n) is 6.90. The third kappa shape index (κ3) is 3.10. The number of methoxy groups -OCH3 is 1. The fraction of sp³-hybridized carbons (Fsp3) is 0.130. The maximum Gasteiger partial charge on any atom is 0.310 e. The van der Waals surface area contributed by atoms with E-state index in [0.29, 0.717) is 12.2 Å². The number of hydrogen-bond donors (Lipinski definition) is 0. The second-order valence-corrected chi connectivity index (χ2v) is 6.90. The minimum absolute atomic E-state index is 0.241. The van der Waals surface area contributed by atoms with Crippen LogP contribution >= 0.6 is 0 Å². The minimum atomic E-state index is -0.297. The fourth-order valence-corrected chi connectivity index (χ4v) is 3.70. The smallest absolute Gasteiger partial charge is 0.310 e. The van der Waals surface area contributed by atoms with E-state index in [2.05, 4.69) is 15.1 Å². The van der Waals surface area contributed by atoms with E-state index in [0.717, 1.165) is 27.9 Å². The van der Waals surface area contributed by atoms with Crippen LogP contribution < -0.4 is 4.74 Å². The number of ether oxygens (including phenoxy) is 1. The molecule has 1 amide bonds. The monoisotopic (exact) mass is 398 g/mol. The van der Waals surface area contributed by atoms with E-state index in [1.54, 1.807) is 31.6 Å². The summed E-state index contributed by atoms with van der Waals surface area (Å²) in [5.41, 5.74) is 4.13. The zero-order valence-electron chi connectivity index (χ0n) is 16.2. The van der Waals surface area contributed by atoms with E-state index in [4.69, 9.17) is 9.15 Å². The van der Waals surface area contributed by atoms with Gasteiger partial charge in [0, 0.05) is 24.4 Å². The Balaban J connectivity index is 1.59. The molecule has 0 spiro atoms. The van der Waals surface area contributed by atoms with Gasteiger partial charge in [-0.05, 0) is 42.0 Å². The van der Waals surface area contributed by atoms with Crippen LogP contribution in [0.1, 0.15) is 34.1 Å². The van der Waals surface area contributed by atoms with E-state index < -0.39 is 0 Å². The number of carbonyl (C=O) groups excluding carboxylic acids is 1. The van der Waals surface area contributed by atoms with Gasteiger partial charge in [-0.25, -0.2) is 5.01 Å². The number of fused-ring (bicyclic) bond motifs is 1. The Morgan fingerprint density at radius 1 is 1.07 bits per heavy atom. The number of para-hydroxylation sites is 1. The van der Waals surface area contributed by atoms with Crippen LogP contribution in [0.15, 0.2) is 82.8 Å². The van der Waals surface area contributed by atoms with Crippen LogP contribution in [0.25, 0.3) is 11.0 Å². The highest BCUT2D eigenvalue weighted by atomic mass is 16.5. The molecule has 30 heavy (non-hydrogen) atoms. The summed E-state index contributed by atoms with van der Waals surface area (Å²) in [5.74, 6) is 0.659. The van der Waals surface area contributed by atoms with E-state index in [1.165, 1.54) is 11.3 Å². The second kappa shape index (κ2) is 7.44. The minimum Gasteiger partial charge on any atom is -0.496 e. The van der Waals surface area contributed by atoms with Gasteiger partial charge in [-0.15, -0.1) is 0 Å². The van der Waals surface area contributed by atoms with Crippen molar-refractivity contribution in [2.45, 2.75) is 12.5 Å². The highest BCUT2D eigenvalue weighted by Gasteiger charge is 2.35. The average molecular weight is 398 g/mol. The van der Waals surface area contributed by atoms with Crippen molar-refractivity contribution in [2.75, 3.05) is 7.11 Å². The molecule has 1 atom stereocenters. The summed E-state index contributed by atoms with van der Waals surface area (Å²) in [6.45, 7) is 0. The van der Waals surface area contributed by atoms with Gasteiger partial charge >= 0.3 is 5.91 Å². The van der Waals surface area contributed by atoms with Crippen molar-refractivity contribution in [3.8, 4) is 5.75 Å². The van der Waals surface area contributed by atoms with E-state index in [9.17, 15) is 4.79 Å².